The molecule has 0 amide bonds. The van der Waals surface area contributed by atoms with Crippen molar-refractivity contribution in [1.29, 1.82) is 0 Å². The number of nitrogens with zero attached hydrogens (tertiary/aromatic N) is 1. The van der Waals surface area contributed by atoms with E-state index in [1.807, 2.05) is 0 Å². The van der Waals surface area contributed by atoms with E-state index in [9.17, 15) is 5.11 Å². The molecule has 0 radical (unpaired) electrons. The van der Waals surface area contributed by atoms with E-state index >= 15 is 0 Å². The van der Waals surface area contributed by atoms with E-state index in [4.69, 9.17) is 10.2 Å². The number of aliphatic hydroxyl groups is 3. The van der Waals surface area contributed by atoms with Gasteiger partial charge < -0.3 is 31.3 Å². The van der Waals surface area contributed by atoms with Crippen LogP contribution in [0, 0.1) is 0 Å². The van der Waals surface area contributed by atoms with Crippen LogP contribution in [0.5, 0.6) is 0 Å². The third-order valence-electron chi connectivity index (χ3n) is 2.83. The molecule has 0 bridgehead atoms. The molecular formula is C13H32N4O3. The lowest BCUT2D eigenvalue weighted by molar-refractivity contribution is 0.187. The molecule has 7 heteroatoms. The monoisotopic (exact) mass is 292 g/mol. The SMILES string of the molecule is CC(O)CNCCN(CCNCCO)CCNCCO. The van der Waals surface area contributed by atoms with E-state index in [0.29, 0.717) is 19.6 Å². The fourth-order valence-electron chi connectivity index (χ4n) is 1.77. The van der Waals surface area contributed by atoms with Gasteiger partial charge in [-0.25, -0.2) is 0 Å². The average molecular weight is 292 g/mol. The maximum absolute atomic E-state index is 9.18. The lowest BCUT2D eigenvalue weighted by Gasteiger charge is -2.23. The van der Waals surface area contributed by atoms with Gasteiger partial charge in [0.15, 0.2) is 0 Å². The molecule has 0 heterocycles. The predicted octanol–water partition coefficient (Wildman–Crippen LogP) is -2.58. The Hall–Kier alpha value is -0.280. The molecule has 0 aliphatic carbocycles. The minimum atomic E-state index is -0.319. The van der Waals surface area contributed by atoms with Crippen molar-refractivity contribution in [2.75, 3.05) is 72.1 Å². The van der Waals surface area contributed by atoms with Crippen LogP contribution in [0.4, 0.5) is 0 Å². The molecule has 122 valence electrons. The van der Waals surface area contributed by atoms with Gasteiger partial charge in [0.25, 0.3) is 0 Å². The van der Waals surface area contributed by atoms with E-state index in [-0.39, 0.29) is 19.3 Å². The van der Waals surface area contributed by atoms with Crippen LogP contribution in [0.3, 0.4) is 0 Å². The molecular weight excluding hydrogens is 260 g/mol. The largest absolute Gasteiger partial charge is 0.395 e. The van der Waals surface area contributed by atoms with Gasteiger partial charge in [0.05, 0.1) is 19.3 Å². The van der Waals surface area contributed by atoms with Crippen molar-refractivity contribution in [2.24, 2.45) is 0 Å². The zero-order valence-electron chi connectivity index (χ0n) is 12.6. The summed E-state index contributed by atoms with van der Waals surface area (Å²) in [5.74, 6) is 0. The minimum absolute atomic E-state index is 0.161. The van der Waals surface area contributed by atoms with Gasteiger partial charge in [0.1, 0.15) is 0 Å². The second kappa shape index (κ2) is 15.1. The number of aliphatic hydroxyl groups excluding tert-OH is 3. The topological polar surface area (TPSA) is 100 Å². The Balaban J connectivity index is 3.73. The van der Waals surface area contributed by atoms with Crippen molar-refractivity contribution in [3.8, 4) is 0 Å². The van der Waals surface area contributed by atoms with Crippen molar-refractivity contribution >= 4 is 0 Å². The third-order valence-corrected chi connectivity index (χ3v) is 2.83. The second-order valence-electron chi connectivity index (χ2n) is 4.84. The van der Waals surface area contributed by atoms with Gasteiger partial charge in [-0.1, -0.05) is 0 Å². The summed E-state index contributed by atoms with van der Waals surface area (Å²) in [4.78, 5) is 2.31. The first kappa shape index (κ1) is 19.7. The summed E-state index contributed by atoms with van der Waals surface area (Å²) in [6.07, 6.45) is -0.319. The fraction of sp³-hybridized carbons (Fsp3) is 1.00. The number of hydrogen-bond donors (Lipinski definition) is 6. The van der Waals surface area contributed by atoms with Crippen LogP contribution in [0.2, 0.25) is 0 Å². The van der Waals surface area contributed by atoms with Crippen LogP contribution in [0.15, 0.2) is 0 Å². The fourth-order valence-corrected chi connectivity index (χ4v) is 1.77. The van der Waals surface area contributed by atoms with Crippen molar-refractivity contribution in [3.05, 3.63) is 0 Å². The van der Waals surface area contributed by atoms with Crippen LogP contribution >= 0.6 is 0 Å². The lowest BCUT2D eigenvalue weighted by Crippen LogP contribution is -2.41. The van der Waals surface area contributed by atoms with Crippen LogP contribution < -0.4 is 16.0 Å². The standard InChI is InChI=1S/C13H32N4O3/c1-13(20)12-16-4-9-17(7-2-14-5-10-18)8-3-15-6-11-19/h13-16,18-20H,2-12H2,1H3. The van der Waals surface area contributed by atoms with Gasteiger partial charge in [-0.05, 0) is 6.92 Å². The Morgan fingerprint density at radius 2 is 1.25 bits per heavy atom. The maximum Gasteiger partial charge on any atom is 0.0636 e. The van der Waals surface area contributed by atoms with Crippen LogP contribution in [-0.2, 0) is 0 Å². The molecule has 0 saturated carbocycles. The molecule has 0 saturated heterocycles. The van der Waals surface area contributed by atoms with Crippen molar-refractivity contribution in [2.45, 2.75) is 13.0 Å². The highest BCUT2D eigenvalue weighted by molar-refractivity contribution is 4.64. The van der Waals surface area contributed by atoms with Gasteiger partial charge in [-0.3, -0.25) is 4.90 Å². The quantitative estimate of drug-likeness (QED) is 0.184. The van der Waals surface area contributed by atoms with Crippen molar-refractivity contribution < 1.29 is 15.3 Å². The van der Waals surface area contributed by atoms with Crippen molar-refractivity contribution in [1.82, 2.24) is 20.9 Å². The Morgan fingerprint density at radius 3 is 1.65 bits per heavy atom. The molecule has 0 aromatic heterocycles. The first-order valence-corrected chi connectivity index (χ1v) is 7.45. The summed E-state index contributed by atoms with van der Waals surface area (Å²) in [5.41, 5.74) is 0. The number of hydrogen-bond acceptors (Lipinski definition) is 7. The van der Waals surface area contributed by atoms with E-state index < -0.39 is 0 Å². The molecule has 0 aromatic rings. The van der Waals surface area contributed by atoms with E-state index in [1.165, 1.54) is 0 Å². The highest BCUT2D eigenvalue weighted by Crippen LogP contribution is 1.86. The average Bonchev–Trinajstić information content (AvgIpc) is 2.43. The molecule has 0 spiro atoms. The summed E-state index contributed by atoms with van der Waals surface area (Å²) < 4.78 is 0. The first-order chi connectivity index (χ1) is 9.70. The van der Waals surface area contributed by atoms with E-state index in [2.05, 4.69) is 20.9 Å². The minimum Gasteiger partial charge on any atom is -0.395 e. The summed E-state index contributed by atoms with van der Waals surface area (Å²) in [7, 11) is 0. The molecule has 6 N–H and O–H groups in total. The lowest BCUT2D eigenvalue weighted by atomic mass is 10.4. The Kier molecular flexibility index (Phi) is 14.9. The van der Waals surface area contributed by atoms with Crippen LogP contribution in [0.1, 0.15) is 6.92 Å². The summed E-state index contributed by atoms with van der Waals surface area (Å²) >= 11 is 0. The molecule has 0 rings (SSSR count). The van der Waals surface area contributed by atoms with Crippen LogP contribution in [-0.4, -0.2) is 98.4 Å². The summed E-state index contributed by atoms with van der Waals surface area (Å²) in [5, 5.41) is 36.1. The second-order valence-corrected chi connectivity index (χ2v) is 4.84. The smallest absolute Gasteiger partial charge is 0.0636 e. The molecule has 0 aliphatic heterocycles. The third kappa shape index (κ3) is 14.1. The normalized spacial score (nSPS) is 13.1. The van der Waals surface area contributed by atoms with E-state index in [1.54, 1.807) is 6.92 Å². The highest BCUT2D eigenvalue weighted by Gasteiger charge is 2.04. The molecule has 0 aliphatic rings. The molecule has 0 fully saturated rings. The molecule has 7 nitrogen and oxygen atoms in total. The molecule has 1 atom stereocenters. The Morgan fingerprint density at radius 1 is 0.800 bits per heavy atom. The van der Waals surface area contributed by atoms with Crippen LogP contribution in [0.25, 0.3) is 0 Å². The zero-order chi connectivity index (χ0) is 15.1. The zero-order valence-corrected chi connectivity index (χ0v) is 12.6. The summed E-state index contributed by atoms with van der Waals surface area (Å²) in [6.45, 7) is 9.21. The van der Waals surface area contributed by atoms with Crippen molar-refractivity contribution in [3.63, 3.8) is 0 Å². The number of nitrogens with one attached hydrogen (secondary N) is 3. The van der Waals surface area contributed by atoms with Gasteiger partial charge in [0.2, 0.25) is 0 Å². The van der Waals surface area contributed by atoms with Gasteiger partial charge in [-0.2, -0.15) is 0 Å². The Bertz CT molecular complexity index is 184. The predicted molar refractivity (Wildman–Crippen MR) is 80.9 cm³/mol. The Labute approximate surface area is 122 Å². The molecule has 1 unspecified atom stereocenters. The molecule has 0 aromatic carbocycles. The number of rotatable bonds is 15. The molecule has 20 heavy (non-hydrogen) atoms. The van der Waals surface area contributed by atoms with Gasteiger partial charge >= 0.3 is 0 Å². The van der Waals surface area contributed by atoms with E-state index in [0.717, 1.165) is 39.3 Å². The van der Waals surface area contributed by atoms with Gasteiger partial charge in [-0.15, -0.1) is 0 Å². The summed E-state index contributed by atoms with van der Waals surface area (Å²) in [6, 6.07) is 0. The highest BCUT2D eigenvalue weighted by atomic mass is 16.3. The maximum atomic E-state index is 9.18. The first-order valence-electron chi connectivity index (χ1n) is 7.45. The van der Waals surface area contributed by atoms with Gasteiger partial charge in [0, 0.05) is 58.9 Å².